The van der Waals surface area contributed by atoms with Crippen molar-refractivity contribution in [3.05, 3.63) is 187 Å². The third-order valence-electron chi connectivity index (χ3n) is 9.69. The van der Waals surface area contributed by atoms with E-state index in [-0.39, 0.29) is 5.92 Å². The predicted octanol–water partition coefficient (Wildman–Crippen LogP) is 12.1. The Hall–Kier alpha value is -5.86. The molecule has 2 nitrogen and oxygen atoms in total. The number of aryl methyl sites for hydroxylation is 1. The molecule has 47 heavy (non-hydrogen) atoms. The van der Waals surface area contributed by atoms with Crippen molar-refractivity contribution in [2.45, 2.75) is 18.8 Å². The summed E-state index contributed by atoms with van der Waals surface area (Å²) in [5.41, 5.74) is 11.8. The highest BCUT2D eigenvalue weighted by atomic mass is 16.3. The monoisotopic (exact) mass is 603 g/mol. The van der Waals surface area contributed by atoms with E-state index in [0.29, 0.717) is 0 Å². The van der Waals surface area contributed by atoms with Crippen molar-refractivity contribution in [1.82, 2.24) is 4.57 Å². The third kappa shape index (κ3) is 4.81. The van der Waals surface area contributed by atoms with E-state index < -0.39 is 0 Å². The second kappa shape index (κ2) is 11.5. The van der Waals surface area contributed by atoms with Crippen molar-refractivity contribution in [2.75, 3.05) is 0 Å². The Labute approximate surface area is 274 Å². The maximum atomic E-state index is 6.74. The third-order valence-corrected chi connectivity index (χ3v) is 9.69. The second-order valence-corrected chi connectivity index (χ2v) is 12.4. The maximum Gasteiger partial charge on any atom is 0.139 e. The van der Waals surface area contributed by atoms with Crippen molar-refractivity contribution < 1.29 is 4.42 Å². The highest BCUT2D eigenvalue weighted by Gasteiger charge is 2.23. The first-order valence-electron chi connectivity index (χ1n) is 16.4. The lowest BCUT2D eigenvalue weighted by molar-refractivity contribution is 0.645. The number of aromatic nitrogens is 1. The molecule has 0 saturated carbocycles. The quantitative estimate of drug-likeness (QED) is 0.177. The molecule has 9 rings (SSSR count). The summed E-state index contributed by atoms with van der Waals surface area (Å²) in [5.74, 6) is 0.140. The van der Waals surface area contributed by atoms with E-state index in [0.717, 1.165) is 40.5 Å². The van der Waals surface area contributed by atoms with Crippen LogP contribution in [0.5, 0.6) is 0 Å². The van der Waals surface area contributed by atoms with Crippen LogP contribution in [0.1, 0.15) is 29.0 Å². The minimum Gasteiger partial charge on any atom is -0.456 e. The number of fused-ring (bicyclic) bond motifs is 6. The normalized spacial score (nSPS) is 12.3. The van der Waals surface area contributed by atoms with Crippen molar-refractivity contribution >= 4 is 43.7 Å². The van der Waals surface area contributed by atoms with Gasteiger partial charge in [-0.3, -0.25) is 0 Å². The van der Waals surface area contributed by atoms with Crippen molar-refractivity contribution in [1.29, 1.82) is 0 Å². The van der Waals surface area contributed by atoms with Crippen LogP contribution in [0, 0.1) is 0 Å². The lowest BCUT2D eigenvalue weighted by Crippen LogP contribution is -2.05. The standard InChI is InChI=1S/C45H33NO/c1-3-13-32(14-4-1)33-26-23-31(24-27-33)25-28-36(34-15-5-2-6-16-34)40-29-35(30-41-39-19-9-12-22-44(39)47-45(40)41)46-42-20-10-7-17-37(42)38-18-8-11-21-43(38)46/h1-24,26-27,29-30,36H,25,28H2. The second-order valence-electron chi connectivity index (χ2n) is 12.4. The Balaban J connectivity index is 1.22. The number of hydrogen-bond acceptors (Lipinski definition) is 1. The van der Waals surface area contributed by atoms with Gasteiger partial charge in [-0.2, -0.15) is 0 Å². The average Bonchev–Trinajstić information content (AvgIpc) is 3.69. The summed E-state index contributed by atoms with van der Waals surface area (Å²) in [6.07, 6.45) is 1.91. The van der Waals surface area contributed by atoms with Crippen molar-refractivity contribution in [3.63, 3.8) is 0 Å². The Kier molecular flexibility index (Phi) is 6.71. The van der Waals surface area contributed by atoms with E-state index in [1.807, 2.05) is 0 Å². The highest BCUT2D eigenvalue weighted by Crippen LogP contribution is 2.42. The van der Waals surface area contributed by atoms with Crippen LogP contribution in [0.4, 0.5) is 0 Å². The summed E-state index contributed by atoms with van der Waals surface area (Å²) in [7, 11) is 0. The zero-order chi connectivity index (χ0) is 31.2. The first-order valence-corrected chi connectivity index (χ1v) is 16.4. The van der Waals surface area contributed by atoms with Gasteiger partial charge in [0, 0.05) is 38.7 Å². The molecule has 1 unspecified atom stereocenters. The fourth-order valence-corrected chi connectivity index (χ4v) is 7.42. The van der Waals surface area contributed by atoms with E-state index >= 15 is 0 Å². The number of benzene rings is 7. The highest BCUT2D eigenvalue weighted by molar-refractivity contribution is 6.11. The summed E-state index contributed by atoms with van der Waals surface area (Å²) in [6, 6.07) is 61.3. The first-order chi connectivity index (χ1) is 23.3. The van der Waals surface area contributed by atoms with Gasteiger partial charge < -0.3 is 8.98 Å². The lowest BCUT2D eigenvalue weighted by Gasteiger charge is -2.20. The maximum absolute atomic E-state index is 6.74. The molecule has 0 aliphatic carbocycles. The van der Waals surface area contributed by atoms with Crippen molar-refractivity contribution in [2.24, 2.45) is 0 Å². The molecule has 0 saturated heterocycles. The van der Waals surface area contributed by atoms with Crippen LogP contribution < -0.4 is 0 Å². The van der Waals surface area contributed by atoms with Crippen molar-refractivity contribution in [3.8, 4) is 16.8 Å². The Morgan fingerprint density at radius 1 is 0.489 bits per heavy atom. The molecule has 2 aromatic heterocycles. The van der Waals surface area contributed by atoms with Crippen LogP contribution in [0.2, 0.25) is 0 Å². The van der Waals surface area contributed by atoms with E-state index in [9.17, 15) is 0 Å². The molecule has 0 amide bonds. The zero-order valence-corrected chi connectivity index (χ0v) is 26.0. The zero-order valence-electron chi connectivity index (χ0n) is 26.0. The number of rotatable bonds is 7. The topological polar surface area (TPSA) is 18.1 Å². The Morgan fingerprint density at radius 2 is 1.06 bits per heavy atom. The molecule has 0 fully saturated rings. The number of para-hydroxylation sites is 3. The number of hydrogen-bond donors (Lipinski definition) is 0. The molecule has 2 heterocycles. The molecule has 1 atom stereocenters. The molecule has 2 heteroatoms. The van der Waals surface area contributed by atoms with Crippen LogP contribution >= 0.6 is 0 Å². The molecule has 7 aromatic carbocycles. The fourth-order valence-electron chi connectivity index (χ4n) is 7.42. The summed E-state index contributed by atoms with van der Waals surface area (Å²) >= 11 is 0. The minimum atomic E-state index is 0.140. The number of nitrogens with zero attached hydrogens (tertiary/aromatic N) is 1. The lowest BCUT2D eigenvalue weighted by atomic mass is 9.85. The summed E-state index contributed by atoms with van der Waals surface area (Å²) in [6.45, 7) is 0. The van der Waals surface area contributed by atoms with Gasteiger partial charge in [0.1, 0.15) is 11.2 Å². The molecule has 9 aromatic rings. The molecule has 0 radical (unpaired) electrons. The van der Waals surface area contributed by atoms with E-state index in [4.69, 9.17) is 4.42 Å². The average molecular weight is 604 g/mol. The molecule has 0 aliphatic rings. The van der Waals surface area contributed by atoms with Gasteiger partial charge >= 0.3 is 0 Å². The molecule has 0 bridgehead atoms. The van der Waals surface area contributed by atoms with Gasteiger partial charge in [-0.25, -0.2) is 0 Å². The fraction of sp³-hybridized carbons (Fsp3) is 0.0667. The van der Waals surface area contributed by atoms with E-state index in [1.165, 1.54) is 49.6 Å². The van der Waals surface area contributed by atoms with Crippen LogP contribution in [0.25, 0.3) is 60.6 Å². The van der Waals surface area contributed by atoms with Gasteiger partial charge in [-0.15, -0.1) is 0 Å². The Morgan fingerprint density at radius 3 is 1.77 bits per heavy atom. The summed E-state index contributed by atoms with van der Waals surface area (Å²) in [5, 5.41) is 4.83. The molecule has 0 aliphatic heterocycles. The predicted molar refractivity (Wildman–Crippen MR) is 197 cm³/mol. The SMILES string of the molecule is c1ccc(-c2ccc(CCC(c3ccccc3)c3cc(-n4c5ccccc5c5ccccc54)cc4c3oc3ccccc34)cc2)cc1. The molecule has 224 valence electrons. The van der Waals surface area contributed by atoms with Crippen LogP contribution in [-0.2, 0) is 6.42 Å². The van der Waals surface area contributed by atoms with Gasteiger partial charge in [0.15, 0.2) is 0 Å². The molecule has 0 spiro atoms. The minimum absolute atomic E-state index is 0.140. The smallest absolute Gasteiger partial charge is 0.139 e. The van der Waals surface area contributed by atoms with Gasteiger partial charge in [0.05, 0.1) is 11.0 Å². The van der Waals surface area contributed by atoms with Gasteiger partial charge in [0.25, 0.3) is 0 Å². The van der Waals surface area contributed by atoms with Gasteiger partial charge in [-0.05, 0) is 65.4 Å². The number of furan rings is 1. The van der Waals surface area contributed by atoms with Crippen LogP contribution in [0.15, 0.2) is 174 Å². The first kappa shape index (κ1) is 27.5. The molecular formula is C45H33NO. The van der Waals surface area contributed by atoms with Crippen LogP contribution in [-0.4, -0.2) is 4.57 Å². The van der Waals surface area contributed by atoms with Gasteiger partial charge in [-0.1, -0.05) is 140 Å². The van der Waals surface area contributed by atoms with E-state index in [1.54, 1.807) is 0 Å². The summed E-state index contributed by atoms with van der Waals surface area (Å²) in [4.78, 5) is 0. The summed E-state index contributed by atoms with van der Waals surface area (Å²) < 4.78 is 9.17. The molecule has 0 N–H and O–H groups in total. The largest absolute Gasteiger partial charge is 0.456 e. The Bertz CT molecular complexity index is 2450. The van der Waals surface area contributed by atoms with Crippen LogP contribution in [0.3, 0.4) is 0 Å². The van der Waals surface area contributed by atoms with Gasteiger partial charge in [0.2, 0.25) is 0 Å². The van der Waals surface area contributed by atoms with E-state index in [2.05, 4.69) is 174 Å². The molecular weight excluding hydrogens is 571 g/mol.